The van der Waals surface area contributed by atoms with Gasteiger partial charge in [-0.3, -0.25) is 42.5 Å². The molecule has 20 heteroatoms. The van der Waals surface area contributed by atoms with E-state index in [1.54, 1.807) is 60.6 Å². The maximum absolute atomic E-state index is 13.1. The molecule has 0 unspecified atom stereocenters. The Morgan fingerprint density at radius 2 is 1.37 bits per heavy atom. The first kappa shape index (κ1) is 45.4. The molecule has 1 fully saturated rings. The number of aromatic amines is 2. The first-order valence-electron chi connectivity index (χ1n) is 21.4. The van der Waals surface area contributed by atoms with Crippen molar-refractivity contribution in [3.8, 4) is 22.8 Å². The molecule has 7 aromatic heterocycles. The Morgan fingerprint density at radius 3 is 1.94 bits per heavy atom. The molecule has 3 N–H and O–H groups in total. The number of aromatic nitrogens is 11. The topological polar surface area (TPSA) is 229 Å². The highest BCUT2D eigenvalue weighted by Crippen LogP contribution is 2.23. The van der Waals surface area contributed by atoms with Crippen molar-refractivity contribution in [3.05, 3.63) is 134 Å². The predicted octanol–water partition coefficient (Wildman–Crippen LogP) is 3.19. The first-order chi connectivity index (χ1) is 31.6. The standard InChI is InChI=1S/C25H25N7O4.C20H27N7O2/c1-4-11-31-22-20(24(34)32(12-5-2)25(31)35)28-21(29-22)17-8-9-19(27-16-17)30(13-14-36-3)23(33)18-7-6-10-26-15-18;1-3-9-26-18-16(19(28)27(10-4-2)20(26)29)23-17(24-18)14-5-6-15(22-13-14)25-11-7-21-8-12-25/h4-10,15-16H,1-2,11-14H2,3H3,(H,28,29);5-6,13,21H,3-4,7-12H2,1-2H3,(H,23,24). The van der Waals surface area contributed by atoms with Crippen molar-refractivity contribution in [1.29, 1.82) is 0 Å². The molecule has 1 saturated heterocycles. The fourth-order valence-corrected chi connectivity index (χ4v) is 7.48. The van der Waals surface area contributed by atoms with E-state index in [1.807, 2.05) is 26.0 Å². The second-order valence-corrected chi connectivity index (χ2v) is 15.1. The van der Waals surface area contributed by atoms with E-state index in [9.17, 15) is 24.0 Å². The van der Waals surface area contributed by atoms with Crippen LogP contribution in [0.1, 0.15) is 37.0 Å². The summed E-state index contributed by atoms with van der Waals surface area (Å²) in [5, 5.41) is 3.33. The summed E-state index contributed by atoms with van der Waals surface area (Å²) in [4.78, 5) is 96.5. The molecule has 0 radical (unpaired) electrons. The lowest BCUT2D eigenvalue weighted by molar-refractivity contribution is 0.0974. The molecule has 0 saturated carbocycles. The van der Waals surface area contributed by atoms with Gasteiger partial charge < -0.3 is 24.9 Å². The molecular weight excluding hydrogens is 833 g/mol. The van der Waals surface area contributed by atoms with Crippen LogP contribution in [0.2, 0.25) is 0 Å². The number of ether oxygens (including phenoxy) is 1. The third-order valence-electron chi connectivity index (χ3n) is 10.7. The van der Waals surface area contributed by atoms with E-state index in [0.29, 0.717) is 65.9 Å². The first-order valence-corrected chi connectivity index (χ1v) is 21.4. The summed E-state index contributed by atoms with van der Waals surface area (Å²) in [5.74, 6) is 1.99. The van der Waals surface area contributed by atoms with Gasteiger partial charge >= 0.3 is 11.4 Å². The second-order valence-electron chi connectivity index (χ2n) is 15.1. The lowest BCUT2D eigenvalue weighted by atomic mass is 10.2. The Hall–Kier alpha value is -7.58. The quantitative estimate of drug-likeness (QED) is 0.119. The zero-order valence-corrected chi connectivity index (χ0v) is 36.7. The fraction of sp³-hybridized carbons (Fsp3) is 0.333. The number of aryl methyl sites for hydroxylation is 1. The van der Waals surface area contributed by atoms with Crippen LogP contribution in [-0.2, 0) is 30.9 Å². The van der Waals surface area contributed by atoms with Gasteiger partial charge in [0.2, 0.25) is 0 Å². The summed E-state index contributed by atoms with van der Waals surface area (Å²) in [5.41, 5.74) is 1.37. The second kappa shape index (κ2) is 20.7. The lowest BCUT2D eigenvalue weighted by Crippen LogP contribution is -2.43. The van der Waals surface area contributed by atoms with Crippen LogP contribution in [-0.4, -0.2) is 106 Å². The number of carbonyl (C=O) groups excluding carboxylic acids is 1. The maximum atomic E-state index is 13.1. The third kappa shape index (κ3) is 9.53. The van der Waals surface area contributed by atoms with Crippen LogP contribution in [0.5, 0.6) is 0 Å². The van der Waals surface area contributed by atoms with Crippen molar-refractivity contribution in [2.75, 3.05) is 56.2 Å². The molecule has 1 aliphatic rings. The number of hydrogen-bond acceptors (Lipinski definition) is 13. The number of hydrogen-bond donors (Lipinski definition) is 3. The van der Waals surface area contributed by atoms with Crippen molar-refractivity contribution < 1.29 is 9.53 Å². The lowest BCUT2D eigenvalue weighted by Gasteiger charge is -2.28. The van der Waals surface area contributed by atoms with E-state index in [-0.39, 0.29) is 48.0 Å². The van der Waals surface area contributed by atoms with Crippen molar-refractivity contribution in [2.45, 2.75) is 52.9 Å². The molecule has 20 nitrogen and oxygen atoms in total. The van der Waals surface area contributed by atoms with E-state index < -0.39 is 11.2 Å². The number of imidazole rings is 2. The summed E-state index contributed by atoms with van der Waals surface area (Å²) < 4.78 is 10.5. The highest BCUT2D eigenvalue weighted by molar-refractivity contribution is 6.05. The molecule has 0 atom stereocenters. The van der Waals surface area contributed by atoms with Gasteiger partial charge in [0.1, 0.15) is 34.3 Å². The van der Waals surface area contributed by atoms with Crippen molar-refractivity contribution in [3.63, 3.8) is 0 Å². The molecule has 8 rings (SSSR count). The van der Waals surface area contributed by atoms with Gasteiger partial charge in [0.15, 0.2) is 11.3 Å². The zero-order chi connectivity index (χ0) is 46.0. The van der Waals surface area contributed by atoms with Gasteiger partial charge in [-0.15, -0.1) is 13.2 Å². The molecule has 0 aliphatic carbocycles. The van der Waals surface area contributed by atoms with Crippen LogP contribution >= 0.6 is 0 Å². The number of allylic oxidation sites excluding steroid dienone is 2. The molecule has 65 heavy (non-hydrogen) atoms. The Bertz CT molecular complexity index is 3030. The van der Waals surface area contributed by atoms with E-state index >= 15 is 0 Å². The van der Waals surface area contributed by atoms with E-state index in [1.165, 1.54) is 26.3 Å². The number of nitrogens with zero attached hydrogens (tertiary/aromatic N) is 11. The number of nitrogens with one attached hydrogen (secondary N) is 3. The SMILES string of the molecule is C=CCn1c(=O)c2[nH]c(-c3ccc(N(CCOC)C(=O)c4cccnc4)nc3)nc2n(CC=C)c1=O.CCCn1c(=O)c2[nH]c(-c3ccc(N4CCNCC4)nc3)nc2n(CCC)c1=O. The number of methoxy groups -OCH3 is 1. The van der Waals surface area contributed by atoms with Crippen molar-refractivity contribution in [1.82, 2.24) is 58.5 Å². The molecule has 1 amide bonds. The van der Waals surface area contributed by atoms with Gasteiger partial charge in [0, 0.05) is 95.4 Å². The summed E-state index contributed by atoms with van der Waals surface area (Å²) in [6.07, 6.45) is 10.9. The van der Waals surface area contributed by atoms with Crippen LogP contribution in [0, 0.1) is 0 Å². The van der Waals surface area contributed by atoms with Gasteiger partial charge in [-0.1, -0.05) is 26.0 Å². The average Bonchev–Trinajstić information content (AvgIpc) is 4.00. The number of piperazine rings is 1. The van der Waals surface area contributed by atoms with Crippen molar-refractivity contribution >= 4 is 39.9 Å². The van der Waals surface area contributed by atoms with Gasteiger partial charge in [0.25, 0.3) is 17.0 Å². The van der Waals surface area contributed by atoms with E-state index in [0.717, 1.165) is 48.5 Å². The number of rotatable bonds is 16. The highest BCUT2D eigenvalue weighted by atomic mass is 16.5. The molecule has 0 bridgehead atoms. The smallest absolute Gasteiger partial charge is 0.333 e. The minimum atomic E-state index is -0.499. The molecule has 1 aliphatic heterocycles. The van der Waals surface area contributed by atoms with Gasteiger partial charge in [-0.2, -0.15) is 0 Å². The van der Waals surface area contributed by atoms with Gasteiger partial charge in [-0.05, 0) is 49.2 Å². The summed E-state index contributed by atoms with van der Waals surface area (Å²) in [6, 6.07) is 10.7. The number of amides is 1. The molecule has 338 valence electrons. The Morgan fingerprint density at radius 1 is 0.769 bits per heavy atom. The average molecular weight is 885 g/mol. The minimum absolute atomic E-state index is 0.0671. The molecule has 8 heterocycles. The largest absolute Gasteiger partial charge is 0.383 e. The Balaban J connectivity index is 0.000000198. The fourth-order valence-electron chi connectivity index (χ4n) is 7.48. The van der Waals surface area contributed by atoms with Gasteiger partial charge in [0.05, 0.1) is 18.7 Å². The van der Waals surface area contributed by atoms with Crippen LogP contribution in [0.15, 0.2) is 106 Å². The van der Waals surface area contributed by atoms with E-state index in [4.69, 9.17) is 4.74 Å². The van der Waals surface area contributed by atoms with Crippen molar-refractivity contribution in [2.24, 2.45) is 0 Å². The summed E-state index contributed by atoms with van der Waals surface area (Å²) in [7, 11) is 1.56. The van der Waals surface area contributed by atoms with E-state index in [2.05, 4.69) is 58.3 Å². The van der Waals surface area contributed by atoms with Crippen LogP contribution in [0.4, 0.5) is 11.6 Å². The number of carbonyl (C=O) groups is 1. The third-order valence-corrected chi connectivity index (χ3v) is 10.7. The maximum Gasteiger partial charge on any atom is 0.333 e. The monoisotopic (exact) mass is 884 g/mol. The molecular formula is C45H52N14O6. The molecule has 7 aromatic rings. The molecule has 0 spiro atoms. The number of H-pyrrole nitrogens is 2. The normalized spacial score (nSPS) is 12.6. The predicted molar refractivity (Wildman–Crippen MR) is 250 cm³/mol. The number of pyridine rings is 3. The zero-order valence-electron chi connectivity index (χ0n) is 36.7. The van der Waals surface area contributed by atoms with Crippen LogP contribution in [0.25, 0.3) is 45.1 Å². The van der Waals surface area contributed by atoms with Crippen LogP contribution < -0.4 is 37.6 Å². The van der Waals surface area contributed by atoms with Crippen LogP contribution in [0.3, 0.4) is 0 Å². The minimum Gasteiger partial charge on any atom is -0.383 e. The van der Waals surface area contributed by atoms with Gasteiger partial charge in [-0.25, -0.2) is 29.5 Å². The summed E-state index contributed by atoms with van der Waals surface area (Å²) in [6.45, 7) is 16.8. The number of anilines is 2. The summed E-state index contributed by atoms with van der Waals surface area (Å²) >= 11 is 0. The molecule has 0 aromatic carbocycles. The number of fused-ring (bicyclic) bond motifs is 2. The Kier molecular flexibility index (Phi) is 14.5. The highest BCUT2D eigenvalue weighted by Gasteiger charge is 2.22. The Labute approximate surface area is 372 Å².